The van der Waals surface area contributed by atoms with Gasteiger partial charge in [-0.3, -0.25) is 14.2 Å². The van der Waals surface area contributed by atoms with Crippen molar-refractivity contribution >= 4 is 16.8 Å². The first-order chi connectivity index (χ1) is 15.0. The molecular formula is C26H33N3O2. The zero-order valence-electron chi connectivity index (χ0n) is 19.1. The van der Waals surface area contributed by atoms with Crippen LogP contribution in [-0.4, -0.2) is 26.9 Å². The van der Waals surface area contributed by atoms with Gasteiger partial charge >= 0.3 is 0 Å². The predicted molar refractivity (Wildman–Crippen MR) is 127 cm³/mol. The molecule has 0 radical (unpaired) electrons. The highest BCUT2D eigenvalue weighted by Crippen LogP contribution is 2.24. The molecule has 0 fully saturated rings. The van der Waals surface area contributed by atoms with Crippen LogP contribution in [0.2, 0.25) is 0 Å². The summed E-state index contributed by atoms with van der Waals surface area (Å²) in [5.41, 5.74) is 2.54. The van der Waals surface area contributed by atoms with Crippen molar-refractivity contribution in [1.29, 1.82) is 0 Å². The number of aromatic nitrogens is 2. The highest BCUT2D eigenvalue weighted by molar-refractivity contribution is 5.79. The number of carbonyl (C=O) groups is 1. The Bertz CT molecular complexity index is 1090. The number of fused-ring (bicyclic) bond motifs is 1. The molecule has 31 heavy (non-hydrogen) atoms. The smallest absolute Gasteiger partial charge is 0.266 e. The van der Waals surface area contributed by atoms with E-state index in [2.05, 4.69) is 13.8 Å². The average Bonchev–Trinajstić information content (AvgIpc) is 2.79. The number of para-hydroxylation sites is 1. The van der Waals surface area contributed by atoms with Crippen LogP contribution in [0, 0.1) is 0 Å². The molecule has 0 aliphatic carbocycles. The maximum Gasteiger partial charge on any atom is 0.266 e. The fourth-order valence-electron chi connectivity index (χ4n) is 4.04. The normalized spacial score (nSPS) is 12.1. The van der Waals surface area contributed by atoms with Crippen LogP contribution < -0.4 is 5.56 Å². The van der Waals surface area contributed by atoms with Gasteiger partial charge in [0.05, 0.1) is 22.6 Å². The number of rotatable bonds is 9. The molecule has 1 unspecified atom stereocenters. The van der Waals surface area contributed by atoms with E-state index in [4.69, 9.17) is 4.98 Å². The largest absolute Gasteiger partial charge is 0.333 e. The SMILES string of the molecule is CCCCCC(=O)N(CC)C(C)c1nc2ccccc2c(=O)n1-c1ccc(CC)cc1. The van der Waals surface area contributed by atoms with Crippen LogP contribution in [0.4, 0.5) is 0 Å². The number of unbranched alkanes of at least 4 members (excludes halogenated alkanes) is 2. The van der Waals surface area contributed by atoms with Gasteiger partial charge in [-0.15, -0.1) is 0 Å². The van der Waals surface area contributed by atoms with Gasteiger partial charge in [0.2, 0.25) is 5.91 Å². The molecule has 0 saturated carbocycles. The summed E-state index contributed by atoms with van der Waals surface area (Å²) in [4.78, 5) is 33.2. The molecule has 2 aromatic carbocycles. The third-order valence-electron chi connectivity index (χ3n) is 5.90. The average molecular weight is 420 g/mol. The number of hydrogen-bond acceptors (Lipinski definition) is 3. The molecule has 1 heterocycles. The number of nitrogens with zero attached hydrogens (tertiary/aromatic N) is 3. The van der Waals surface area contributed by atoms with E-state index in [1.54, 1.807) is 4.57 Å². The molecular weight excluding hydrogens is 386 g/mol. The van der Waals surface area contributed by atoms with E-state index in [0.29, 0.717) is 29.7 Å². The molecule has 3 rings (SSSR count). The van der Waals surface area contributed by atoms with Gasteiger partial charge in [-0.25, -0.2) is 4.98 Å². The van der Waals surface area contributed by atoms with Crippen molar-refractivity contribution in [2.45, 2.75) is 65.8 Å². The van der Waals surface area contributed by atoms with Crippen molar-refractivity contribution in [3.63, 3.8) is 0 Å². The summed E-state index contributed by atoms with van der Waals surface area (Å²) < 4.78 is 1.68. The van der Waals surface area contributed by atoms with Gasteiger partial charge in [-0.2, -0.15) is 0 Å². The third-order valence-corrected chi connectivity index (χ3v) is 5.90. The van der Waals surface area contributed by atoms with Crippen LogP contribution >= 0.6 is 0 Å². The molecule has 0 aliphatic rings. The lowest BCUT2D eigenvalue weighted by Gasteiger charge is -2.29. The Morgan fingerprint density at radius 3 is 2.39 bits per heavy atom. The van der Waals surface area contributed by atoms with Crippen molar-refractivity contribution in [3.8, 4) is 5.69 Å². The Balaban J connectivity index is 2.12. The number of hydrogen-bond donors (Lipinski definition) is 0. The summed E-state index contributed by atoms with van der Waals surface area (Å²) in [5, 5.41) is 0.579. The first kappa shape index (κ1) is 22.7. The van der Waals surface area contributed by atoms with Crippen LogP contribution in [0.15, 0.2) is 53.3 Å². The standard InChI is InChI=1S/C26H33N3O2/c1-5-8-9-14-24(30)28(7-3)19(4)25-27-23-13-11-10-12-22(23)26(31)29(25)21-17-15-20(6-2)16-18-21/h10-13,15-19H,5-9,14H2,1-4H3. The fraction of sp³-hybridized carbons (Fsp3) is 0.423. The molecule has 0 N–H and O–H groups in total. The summed E-state index contributed by atoms with van der Waals surface area (Å²) in [6.45, 7) is 8.76. The molecule has 0 bridgehead atoms. The van der Waals surface area contributed by atoms with E-state index in [1.807, 2.05) is 67.3 Å². The Hall–Kier alpha value is -2.95. The topological polar surface area (TPSA) is 55.2 Å². The van der Waals surface area contributed by atoms with E-state index in [9.17, 15) is 9.59 Å². The minimum atomic E-state index is -0.317. The van der Waals surface area contributed by atoms with Crippen LogP contribution in [-0.2, 0) is 11.2 Å². The fourth-order valence-corrected chi connectivity index (χ4v) is 4.04. The molecule has 0 saturated heterocycles. The molecule has 1 amide bonds. The lowest BCUT2D eigenvalue weighted by molar-refractivity contribution is -0.133. The molecule has 0 spiro atoms. The Labute approximate surface area is 184 Å². The summed E-state index contributed by atoms with van der Waals surface area (Å²) >= 11 is 0. The van der Waals surface area contributed by atoms with E-state index >= 15 is 0 Å². The third kappa shape index (κ3) is 4.87. The zero-order chi connectivity index (χ0) is 22.4. The lowest BCUT2D eigenvalue weighted by Crippen LogP contribution is -2.37. The molecule has 164 valence electrons. The quantitative estimate of drug-likeness (QED) is 0.434. The molecule has 5 nitrogen and oxygen atoms in total. The van der Waals surface area contributed by atoms with Crippen LogP contribution in [0.25, 0.3) is 16.6 Å². The zero-order valence-corrected chi connectivity index (χ0v) is 19.1. The second kappa shape index (κ2) is 10.4. The van der Waals surface area contributed by atoms with Gasteiger partial charge in [0.1, 0.15) is 5.82 Å². The highest BCUT2D eigenvalue weighted by Gasteiger charge is 2.25. The summed E-state index contributed by atoms with van der Waals surface area (Å²) in [6, 6.07) is 15.1. The van der Waals surface area contributed by atoms with Crippen molar-refractivity contribution in [2.24, 2.45) is 0 Å². The molecule has 0 aliphatic heterocycles. The molecule has 3 aromatic rings. The molecule has 1 atom stereocenters. The van der Waals surface area contributed by atoms with Crippen LogP contribution in [0.3, 0.4) is 0 Å². The summed E-state index contributed by atoms with van der Waals surface area (Å²) in [7, 11) is 0. The monoisotopic (exact) mass is 419 g/mol. The van der Waals surface area contributed by atoms with E-state index in [-0.39, 0.29) is 17.5 Å². The lowest BCUT2D eigenvalue weighted by atomic mass is 10.1. The molecule has 1 aromatic heterocycles. The minimum Gasteiger partial charge on any atom is -0.333 e. The maximum atomic E-state index is 13.5. The number of aryl methyl sites for hydroxylation is 1. The van der Waals surface area contributed by atoms with Gasteiger partial charge < -0.3 is 4.90 Å². The van der Waals surface area contributed by atoms with E-state index in [0.717, 1.165) is 31.4 Å². The van der Waals surface area contributed by atoms with Gasteiger partial charge in [0.25, 0.3) is 5.56 Å². The number of carbonyl (C=O) groups excluding carboxylic acids is 1. The van der Waals surface area contributed by atoms with Gasteiger partial charge in [0, 0.05) is 13.0 Å². The maximum absolute atomic E-state index is 13.5. The Kier molecular flexibility index (Phi) is 7.61. The van der Waals surface area contributed by atoms with Crippen molar-refractivity contribution in [2.75, 3.05) is 6.54 Å². The first-order valence-electron chi connectivity index (χ1n) is 11.4. The number of benzene rings is 2. The Morgan fingerprint density at radius 1 is 1.03 bits per heavy atom. The Morgan fingerprint density at radius 2 is 1.74 bits per heavy atom. The minimum absolute atomic E-state index is 0.105. The second-order valence-corrected chi connectivity index (χ2v) is 7.96. The van der Waals surface area contributed by atoms with Crippen molar-refractivity contribution < 1.29 is 4.79 Å². The summed E-state index contributed by atoms with van der Waals surface area (Å²) in [5.74, 6) is 0.706. The van der Waals surface area contributed by atoms with Gasteiger partial charge in [-0.1, -0.05) is 51.0 Å². The van der Waals surface area contributed by atoms with Crippen molar-refractivity contribution in [1.82, 2.24) is 14.5 Å². The first-order valence-corrected chi connectivity index (χ1v) is 11.4. The van der Waals surface area contributed by atoms with Crippen molar-refractivity contribution in [3.05, 3.63) is 70.3 Å². The van der Waals surface area contributed by atoms with Gasteiger partial charge in [-0.05, 0) is 56.5 Å². The summed E-state index contributed by atoms with van der Waals surface area (Å²) in [6.07, 6.45) is 4.46. The molecule has 5 heteroatoms. The van der Waals surface area contributed by atoms with E-state index in [1.165, 1.54) is 5.56 Å². The number of amides is 1. The highest BCUT2D eigenvalue weighted by atomic mass is 16.2. The van der Waals surface area contributed by atoms with Crippen LogP contribution in [0.5, 0.6) is 0 Å². The van der Waals surface area contributed by atoms with Crippen LogP contribution in [0.1, 0.15) is 70.8 Å². The second-order valence-electron chi connectivity index (χ2n) is 7.96. The van der Waals surface area contributed by atoms with Gasteiger partial charge in [0.15, 0.2) is 0 Å². The predicted octanol–water partition coefficient (Wildman–Crippen LogP) is 5.44. The van der Waals surface area contributed by atoms with E-state index < -0.39 is 0 Å².